The molecule has 1 aliphatic carbocycles. The van der Waals surface area contributed by atoms with Crippen LogP contribution in [-0.4, -0.2) is 6.80 Å². The summed E-state index contributed by atoms with van der Waals surface area (Å²) in [4.78, 5) is 0. The predicted octanol–water partition coefficient (Wildman–Crippen LogP) is 3.24. The van der Waals surface area contributed by atoms with E-state index >= 15 is 0 Å². The molecule has 1 unspecified atom stereocenters. The van der Waals surface area contributed by atoms with E-state index in [0.29, 0.717) is 6.42 Å². The van der Waals surface area contributed by atoms with Crippen LogP contribution in [0.15, 0.2) is 54.6 Å². The molecule has 3 heteroatoms. The summed E-state index contributed by atoms with van der Waals surface area (Å²) in [5, 5.41) is 0. The van der Waals surface area contributed by atoms with Crippen molar-refractivity contribution in [2.45, 2.75) is 12.1 Å². The molecule has 0 fully saturated rings. The van der Waals surface area contributed by atoms with Gasteiger partial charge in [0, 0.05) is 6.42 Å². The number of hydrogen-bond acceptors (Lipinski definition) is 1. The lowest BCUT2D eigenvalue weighted by atomic mass is 9.89. The lowest BCUT2D eigenvalue weighted by Crippen LogP contribution is -2.17. The maximum absolute atomic E-state index is 14.2. The molecule has 2 rings (SSSR count). The Bertz CT molecular complexity index is 359. The number of rotatable bonds is 1. The average Bonchev–Trinajstić information content (AvgIpc) is 2.32. The van der Waals surface area contributed by atoms with Crippen molar-refractivity contribution in [1.29, 1.82) is 0 Å². The minimum absolute atomic E-state index is 0.438. The van der Waals surface area contributed by atoms with Crippen LogP contribution in [0.2, 0.25) is 0 Å². The summed E-state index contributed by atoms with van der Waals surface area (Å²) in [5.74, 6) is 0. The van der Waals surface area contributed by atoms with E-state index in [1.54, 1.807) is 12.2 Å². The minimum Gasteiger partial charge on any atom is -0.304 e. The van der Waals surface area contributed by atoms with Crippen LogP contribution in [0, 0.1) is 0 Å². The highest BCUT2D eigenvalue weighted by atomic mass is 19.1. The van der Waals surface area contributed by atoms with Crippen molar-refractivity contribution < 1.29 is 8.78 Å². The predicted molar refractivity (Wildman–Crippen MR) is 62.3 cm³/mol. The van der Waals surface area contributed by atoms with Crippen molar-refractivity contribution >= 4 is 0 Å². The van der Waals surface area contributed by atoms with E-state index in [4.69, 9.17) is 0 Å². The van der Waals surface area contributed by atoms with E-state index in [1.165, 1.54) is 0 Å². The highest BCUT2D eigenvalue weighted by molar-refractivity contribution is 5.32. The Morgan fingerprint density at radius 2 is 1.81 bits per heavy atom. The molecule has 1 nitrogen and oxygen atoms in total. The first kappa shape index (κ1) is 12.6. The quantitative estimate of drug-likeness (QED) is 0.727. The van der Waals surface area contributed by atoms with E-state index in [9.17, 15) is 8.78 Å². The third-order valence-corrected chi connectivity index (χ3v) is 2.28. The monoisotopic (exact) mass is 223 g/mol. The Balaban J connectivity index is 0.000000386. The van der Waals surface area contributed by atoms with E-state index in [2.05, 4.69) is 5.73 Å². The zero-order chi connectivity index (χ0) is 11.9. The van der Waals surface area contributed by atoms with E-state index in [1.807, 2.05) is 42.5 Å². The number of hydrogen-bond donors (Lipinski definition) is 1. The molecule has 2 N–H and O–H groups in total. The molecule has 1 aromatic rings. The van der Waals surface area contributed by atoms with Crippen molar-refractivity contribution in [3.05, 3.63) is 60.2 Å². The summed E-state index contributed by atoms with van der Waals surface area (Å²) in [6, 6.07) is 9.27. The maximum atomic E-state index is 14.2. The van der Waals surface area contributed by atoms with Crippen LogP contribution in [0.25, 0.3) is 0 Å². The normalized spacial score (nSPS) is 22.4. The fraction of sp³-hybridized carbons (Fsp3) is 0.231. The second kappa shape index (κ2) is 6.18. The maximum Gasteiger partial charge on any atom is 0.157 e. The first-order valence-electron chi connectivity index (χ1n) is 5.08. The SMILES string of the molecule is FC1(c2ccccc2)C=CC=CC1.NCF. The zero-order valence-electron chi connectivity index (χ0n) is 8.94. The summed E-state index contributed by atoms with van der Waals surface area (Å²) >= 11 is 0. The fourth-order valence-electron chi connectivity index (χ4n) is 1.52. The third kappa shape index (κ3) is 3.28. The molecule has 1 atom stereocenters. The van der Waals surface area contributed by atoms with Crippen molar-refractivity contribution in [1.82, 2.24) is 0 Å². The molecule has 0 radical (unpaired) electrons. The first-order chi connectivity index (χ1) is 7.73. The van der Waals surface area contributed by atoms with Gasteiger partial charge in [-0.2, -0.15) is 0 Å². The van der Waals surface area contributed by atoms with Crippen LogP contribution < -0.4 is 5.73 Å². The van der Waals surface area contributed by atoms with Gasteiger partial charge in [0.2, 0.25) is 0 Å². The lowest BCUT2D eigenvalue weighted by Gasteiger charge is -2.22. The van der Waals surface area contributed by atoms with Crippen LogP contribution in [0.1, 0.15) is 12.0 Å². The molecule has 0 saturated heterocycles. The van der Waals surface area contributed by atoms with E-state index in [-0.39, 0.29) is 0 Å². The largest absolute Gasteiger partial charge is 0.304 e. The molecule has 86 valence electrons. The highest BCUT2D eigenvalue weighted by Gasteiger charge is 2.27. The number of nitrogens with two attached hydrogens (primary N) is 1. The second-order valence-electron chi connectivity index (χ2n) is 3.37. The molecule has 0 amide bonds. The number of allylic oxidation sites excluding steroid dienone is 4. The molecule has 1 aliphatic rings. The molecule has 16 heavy (non-hydrogen) atoms. The number of benzene rings is 1. The number of halogens is 2. The van der Waals surface area contributed by atoms with Gasteiger partial charge in [0.15, 0.2) is 5.67 Å². The van der Waals surface area contributed by atoms with Gasteiger partial charge in [0.1, 0.15) is 6.80 Å². The smallest absolute Gasteiger partial charge is 0.157 e. The van der Waals surface area contributed by atoms with Gasteiger partial charge in [-0.3, -0.25) is 0 Å². The number of alkyl halides is 2. The molecule has 0 bridgehead atoms. The molecule has 0 saturated carbocycles. The van der Waals surface area contributed by atoms with Gasteiger partial charge < -0.3 is 5.73 Å². The van der Waals surface area contributed by atoms with Crippen LogP contribution in [0.4, 0.5) is 8.78 Å². The molecular formula is C13H15F2N. The molecule has 0 aromatic heterocycles. The Hall–Kier alpha value is -1.48. The molecule has 0 aliphatic heterocycles. The fourth-order valence-corrected chi connectivity index (χ4v) is 1.52. The van der Waals surface area contributed by atoms with Crippen LogP contribution in [0.5, 0.6) is 0 Å². The molecule has 1 aromatic carbocycles. The van der Waals surface area contributed by atoms with Gasteiger partial charge in [0.25, 0.3) is 0 Å². The Kier molecular flexibility index (Phi) is 4.86. The van der Waals surface area contributed by atoms with Crippen molar-refractivity contribution in [2.75, 3.05) is 6.80 Å². The average molecular weight is 223 g/mol. The summed E-state index contributed by atoms with van der Waals surface area (Å²) < 4.78 is 24.2. The van der Waals surface area contributed by atoms with E-state index < -0.39 is 12.5 Å². The van der Waals surface area contributed by atoms with E-state index in [0.717, 1.165) is 5.56 Å². The Labute approximate surface area is 94.3 Å². The van der Waals surface area contributed by atoms with Crippen LogP contribution in [-0.2, 0) is 5.67 Å². The third-order valence-electron chi connectivity index (χ3n) is 2.28. The van der Waals surface area contributed by atoms with Gasteiger partial charge in [-0.25, -0.2) is 8.78 Å². The van der Waals surface area contributed by atoms with Crippen molar-refractivity contribution in [3.63, 3.8) is 0 Å². The van der Waals surface area contributed by atoms with Gasteiger partial charge in [-0.15, -0.1) is 0 Å². The van der Waals surface area contributed by atoms with Crippen LogP contribution in [0.3, 0.4) is 0 Å². The van der Waals surface area contributed by atoms with Gasteiger partial charge in [-0.05, 0) is 11.6 Å². The Morgan fingerprint density at radius 1 is 1.19 bits per heavy atom. The van der Waals surface area contributed by atoms with Crippen molar-refractivity contribution in [3.8, 4) is 0 Å². The first-order valence-corrected chi connectivity index (χ1v) is 5.08. The second-order valence-corrected chi connectivity index (χ2v) is 3.37. The summed E-state index contributed by atoms with van der Waals surface area (Å²) in [7, 11) is 0. The van der Waals surface area contributed by atoms with Gasteiger partial charge in [-0.1, -0.05) is 48.6 Å². The lowest BCUT2D eigenvalue weighted by molar-refractivity contribution is 0.236. The topological polar surface area (TPSA) is 26.0 Å². The summed E-state index contributed by atoms with van der Waals surface area (Å²) in [6.07, 6.45) is 7.54. The summed E-state index contributed by atoms with van der Waals surface area (Å²) in [5.41, 5.74) is 3.62. The van der Waals surface area contributed by atoms with Gasteiger partial charge >= 0.3 is 0 Å². The zero-order valence-corrected chi connectivity index (χ0v) is 8.94. The standard InChI is InChI=1S/C12H11F.CH4FN/c13-12(9-5-2-6-10-12)11-7-3-1-4-8-11;2-1-3/h1-9H,10H2;1,3H2. The Morgan fingerprint density at radius 3 is 2.31 bits per heavy atom. The van der Waals surface area contributed by atoms with Crippen molar-refractivity contribution in [2.24, 2.45) is 5.73 Å². The minimum atomic E-state index is -1.30. The van der Waals surface area contributed by atoms with Crippen LogP contribution >= 0.6 is 0 Å². The molecule has 0 heterocycles. The highest BCUT2D eigenvalue weighted by Crippen LogP contribution is 2.33. The molecular weight excluding hydrogens is 208 g/mol. The molecule has 0 spiro atoms. The van der Waals surface area contributed by atoms with Gasteiger partial charge in [0.05, 0.1) is 0 Å². The summed E-state index contributed by atoms with van der Waals surface area (Å²) in [6.45, 7) is -0.750.